The summed E-state index contributed by atoms with van der Waals surface area (Å²) in [5.74, 6) is 0.0315. The van der Waals surface area contributed by atoms with Crippen LogP contribution in [0, 0.1) is 0 Å². The van der Waals surface area contributed by atoms with Gasteiger partial charge in [-0.3, -0.25) is 4.79 Å². The number of hydrogen-bond donors (Lipinski definition) is 1. The van der Waals surface area contributed by atoms with E-state index < -0.39 is 0 Å². The highest BCUT2D eigenvalue weighted by molar-refractivity contribution is 5.77. The molecule has 1 rings (SSSR count). The van der Waals surface area contributed by atoms with Crippen molar-refractivity contribution in [2.75, 3.05) is 33.7 Å². The van der Waals surface area contributed by atoms with Crippen molar-refractivity contribution >= 4 is 5.91 Å². The quantitative estimate of drug-likeness (QED) is 0.690. The first-order valence-corrected chi connectivity index (χ1v) is 5.29. The van der Waals surface area contributed by atoms with Crippen molar-refractivity contribution in [3.05, 3.63) is 0 Å². The highest BCUT2D eigenvalue weighted by Crippen LogP contribution is 2.15. The summed E-state index contributed by atoms with van der Waals surface area (Å²) < 4.78 is 0. The van der Waals surface area contributed by atoms with Crippen molar-refractivity contribution in [3.63, 3.8) is 0 Å². The zero-order valence-electron chi connectivity index (χ0n) is 9.20. The second kappa shape index (κ2) is 5.32. The average Bonchev–Trinajstić information content (AvgIpc) is 2.20. The summed E-state index contributed by atoms with van der Waals surface area (Å²) in [6, 6.07) is 0.518. The molecular weight excluding hydrogens is 178 g/mol. The highest BCUT2D eigenvalue weighted by Gasteiger charge is 2.21. The Kier molecular flexibility index (Phi) is 4.35. The number of nitrogens with zero attached hydrogens (tertiary/aromatic N) is 2. The number of rotatable bonds is 3. The third-order valence-electron chi connectivity index (χ3n) is 3.01. The summed E-state index contributed by atoms with van der Waals surface area (Å²) >= 11 is 0. The summed E-state index contributed by atoms with van der Waals surface area (Å²) in [6.45, 7) is 2.08. The molecular formula is C10H21N3O. The van der Waals surface area contributed by atoms with E-state index in [1.807, 2.05) is 7.05 Å². The predicted molar refractivity (Wildman–Crippen MR) is 57.0 cm³/mol. The number of carbonyl (C=O) groups excluding carboxylic acids is 1. The zero-order valence-corrected chi connectivity index (χ0v) is 9.20. The summed E-state index contributed by atoms with van der Waals surface area (Å²) in [5, 5.41) is 0. The molecule has 1 atom stereocenters. The SMILES string of the molecule is CN(C[C@@H]1CCCCN1C)C(=O)CN. The molecule has 1 aliphatic rings. The molecule has 1 heterocycles. The van der Waals surface area contributed by atoms with Gasteiger partial charge in [-0.15, -0.1) is 0 Å². The number of carbonyl (C=O) groups is 1. The van der Waals surface area contributed by atoms with Crippen LogP contribution in [0.3, 0.4) is 0 Å². The van der Waals surface area contributed by atoms with E-state index >= 15 is 0 Å². The molecule has 0 aromatic rings. The summed E-state index contributed by atoms with van der Waals surface area (Å²) in [4.78, 5) is 15.4. The lowest BCUT2D eigenvalue weighted by molar-refractivity contribution is -0.129. The number of likely N-dealkylation sites (N-methyl/N-ethyl adjacent to an activating group) is 2. The van der Waals surface area contributed by atoms with Crippen LogP contribution >= 0.6 is 0 Å². The minimum atomic E-state index is 0.0315. The van der Waals surface area contributed by atoms with Crippen LogP contribution in [0.1, 0.15) is 19.3 Å². The molecule has 0 bridgehead atoms. The fourth-order valence-corrected chi connectivity index (χ4v) is 1.95. The number of likely N-dealkylation sites (tertiary alicyclic amines) is 1. The van der Waals surface area contributed by atoms with Crippen LogP contribution in [-0.2, 0) is 4.79 Å². The summed E-state index contributed by atoms with van der Waals surface area (Å²) in [7, 11) is 3.96. The number of hydrogen-bond acceptors (Lipinski definition) is 3. The van der Waals surface area contributed by atoms with Crippen LogP contribution < -0.4 is 5.73 Å². The van der Waals surface area contributed by atoms with E-state index in [1.165, 1.54) is 19.3 Å². The molecule has 1 aliphatic heterocycles. The molecule has 14 heavy (non-hydrogen) atoms. The van der Waals surface area contributed by atoms with E-state index in [0.717, 1.165) is 13.1 Å². The van der Waals surface area contributed by atoms with Crippen LogP contribution in [-0.4, -0.2) is 55.5 Å². The van der Waals surface area contributed by atoms with Gasteiger partial charge in [0.05, 0.1) is 6.54 Å². The first-order chi connectivity index (χ1) is 6.65. The van der Waals surface area contributed by atoms with Crippen LogP contribution in [0.25, 0.3) is 0 Å². The molecule has 0 aromatic carbocycles. The number of piperidine rings is 1. The van der Waals surface area contributed by atoms with Crippen molar-refractivity contribution in [2.45, 2.75) is 25.3 Å². The van der Waals surface area contributed by atoms with Crippen molar-refractivity contribution in [2.24, 2.45) is 5.73 Å². The van der Waals surface area contributed by atoms with E-state index in [4.69, 9.17) is 5.73 Å². The van der Waals surface area contributed by atoms with Gasteiger partial charge in [-0.05, 0) is 26.4 Å². The van der Waals surface area contributed by atoms with E-state index in [9.17, 15) is 4.79 Å². The molecule has 4 nitrogen and oxygen atoms in total. The molecule has 2 N–H and O–H groups in total. The van der Waals surface area contributed by atoms with Crippen molar-refractivity contribution < 1.29 is 4.79 Å². The largest absolute Gasteiger partial charge is 0.343 e. The molecule has 0 aliphatic carbocycles. The van der Waals surface area contributed by atoms with Gasteiger partial charge in [-0.25, -0.2) is 0 Å². The molecule has 1 fully saturated rings. The van der Waals surface area contributed by atoms with Gasteiger partial charge in [0.2, 0.25) is 5.91 Å². The molecule has 0 unspecified atom stereocenters. The standard InChI is InChI=1S/C10H21N3O/c1-12-6-4-3-5-9(12)8-13(2)10(14)7-11/h9H,3-8,11H2,1-2H3/t9-/m0/s1. The molecule has 82 valence electrons. The maximum Gasteiger partial charge on any atom is 0.236 e. The Morgan fingerprint density at radius 2 is 2.29 bits per heavy atom. The molecule has 0 saturated carbocycles. The summed E-state index contributed by atoms with van der Waals surface area (Å²) in [5.41, 5.74) is 5.31. The van der Waals surface area contributed by atoms with Gasteiger partial charge in [0.1, 0.15) is 0 Å². The third-order valence-corrected chi connectivity index (χ3v) is 3.01. The van der Waals surface area contributed by atoms with Gasteiger partial charge < -0.3 is 15.5 Å². The molecule has 1 saturated heterocycles. The van der Waals surface area contributed by atoms with Crippen LogP contribution in [0.15, 0.2) is 0 Å². The predicted octanol–water partition coefficient (Wildman–Crippen LogP) is -0.112. The molecule has 4 heteroatoms. The Bertz CT molecular complexity index is 196. The van der Waals surface area contributed by atoms with Gasteiger partial charge in [0.15, 0.2) is 0 Å². The van der Waals surface area contributed by atoms with Crippen molar-refractivity contribution in [3.8, 4) is 0 Å². The maximum absolute atomic E-state index is 11.3. The molecule has 0 radical (unpaired) electrons. The van der Waals surface area contributed by atoms with Gasteiger partial charge in [-0.2, -0.15) is 0 Å². The van der Waals surface area contributed by atoms with Gasteiger partial charge in [0.25, 0.3) is 0 Å². The number of amides is 1. The van der Waals surface area contributed by atoms with Crippen molar-refractivity contribution in [1.82, 2.24) is 9.80 Å². The monoisotopic (exact) mass is 199 g/mol. The van der Waals surface area contributed by atoms with Crippen molar-refractivity contribution in [1.29, 1.82) is 0 Å². The highest BCUT2D eigenvalue weighted by atomic mass is 16.2. The van der Waals surface area contributed by atoms with Gasteiger partial charge in [-0.1, -0.05) is 6.42 Å². The lowest BCUT2D eigenvalue weighted by Gasteiger charge is -2.35. The number of nitrogens with two attached hydrogens (primary N) is 1. The average molecular weight is 199 g/mol. The molecule has 1 amide bonds. The Morgan fingerprint density at radius 1 is 1.57 bits per heavy atom. The Hall–Kier alpha value is -0.610. The lowest BCUT2D eigenvalue weighted by atomic mass is 10.0. The fraction of sp³-hybridized carbons (Fsp3) is 0.900. The van der Waals surface area contributed by atoms with Crippen LogP contribution in [0.2, 0.25) is 0 Å². The summed E-state index contributed by atoms with van der Waals surface area (Å²) in [6.07, 6.45) is 3.75. The second-order valence-electron chi connectivity index (χ2n) is 4.11. The maximum atomic E-state index is 11.3. The normalized spacial score (nSPS) is 23.5. The van der Waals surface area contributed by atoms with Crippen LogP contribution in [0.4, 0.5) is 0 Å². The molecule has 0 aromatic heterocycles. The van der Waals surface area contributed by atoms with E-state index in [2.05, 4.69) is 11.9 Å². The minimum absolute atomic E-state index is 0.0315. The second-order valence-corrected chi connectivity index (χ2v) is 4.11. The first kappa shape index (κ1) is 11.5. The fourth-order valence-electron chi connectivity index (χ4n) is 1.95. The lowest BCUT2D eigenvalue weighted by Crippen LogP contribution is -2.46. The first-order valence-electron chi connectivity index (χ1n) is 5.29. The molecule has 0 spiro atoms. The Balaban J connectivity index is 2.38. The zero-order chi connectivity index (χ0) is 10.6. The minimum Gasteiger partial charge on any atom is -0.343 e. The Labute approximate surface area is 86.0 Å². The topological polar surface area (TPSA) is 49.6 Å². The van der Waals surface area contributed by atoms with Gasteiger partial charge >= 0.3 is 0 Å². The van der Waals surface area contributed by atoms with Crippen LogP contribution in [0.5, 0.6) is 0 Å². The third kappa shape index (κ3) is 2.96. The van der Waals surface area contributed by atoms with E-state index in [1.54, 1.807) is 4.90 Å². The van der Waals surface area contributed by atoms with E-state index in [0.29, 0.717) is 6.04 Å². The Morgan fingerprint density at radius 3 is 2.86 bits per heavy atom. The van der Waals surface area contributed by atoms with Gasteiger partial charge in [0, 0.05) is 19.6 Å². The van der Waals surface area contributed by atoms with E-state index in [-0.39, 0.29) is 12.5 Å². The smallest absolute Gasteiger partial charge is 0.236 e.